The molecule has 2 aromatic carbocycles. The maximum absolute atomic E-state index is 12.3. The summed E-state index contributed by atoms with van der Waals surface area (Å²) in [5, 5.41) is 14.5. The van der Waals surface area contributed by atoms with Crippen molar-refractivity contribution in [3.63, 3.8) is 0 Å². The molecule has 0 aromatic heterocycles. The summed E-state index contributed by atoms with van der Waals surface area (Å²) in [4.78, 5) is 35.7. The molecule has 3 rings (SSSR count). The molecule has 0 heterocycles. The number of carbonyl (C=O) groups is 3. The molecule has 0 radical (unpaired) electrons. The minimum absolute atomic E-state index is 0.00376. The zero-order chi connectivity index (χ0) is 24.7. The average Bonchev–Trinajstić information content (AvgIpc) is 3.16. The van der Waals surface area contributed by atoms with Crippen molar-refractivity contribution in [3.05, 3.63) is 59.7 Å². The molecule has 0 fully saturated rings. The van der Waals surface area contributed by atoms with Gasteiger partial charge in [0.2, 0.25) is 5.91 Å². The molecule has 2 aromatic rings. The Morgan fingerprint density at radius 3 is 2.15 bits per heavy atom. The number of methoxy groups -OCH3 is 1. The standard InChI is InChI=1S/C26H32N2O6/c1-16(12-13-23(29)28-24(25(30)31)17(2)33-3)14-27-26(32)34-15-22-20-10-6-4-8-18(20)19-9-5-7-11-21(19)22/h4-11,16-17,22,24H,12-15H2,1-3H3,(H,27,32)(H,28,29)(H,30,31)/t16?,17-,24+/m1/s1. The van der Waals surface area contributed by atoms with E-state index in [4.69, 9.17) is 9.47 Å². The second kappa shape index (κ2) is 11.7. The number of hydrogen-bond acceptors (Lipinski definition) is 5. The summed E-state index contributed by atoms with van der Waals surface area (Å²) in [7, 11) is 1.39. The van der Waals surface area contributed by atoms with E-state index < -0.39 is 24.2 Å². The maximum atomic E-state index is 12.3. The van der Waals surface area contributed by atoms with Crippen LogP contribution in [0.1, 0.15) is 43.7 Å². The van der Waals surface area contributed by atoms with Crippen LogP contribution in [0.3, 0.4) is 0 Å². The Bertz CT molecular complexity index is 978. The van der Waals surface area contributed by atoms with Gasteiger partial charge in [0, 0.05) is 26.0 Å². The lowest BCUT2D eigenvalue weighted by Gasteiger charge is -2.20. The van der Waals surface area contributed by atoms with Crippen molar-refractivity contribution in [2.75, 3.05) is 20.3 Å². The highest BCUT2D eigenvalue weighted by molar-refractivity contribution is 5.84. The lowest BCUT2D eigenvalue weighted by molar-refractivity contribution is -0.145. The van der Waals surface area contributed by atoms with Crippen LogP contribution >= 0.6 is 0 Å². The second-order valence-corrected chi connectivity index (χ2v) is 8.67. The Labute approximate surface area is 199 Å². The third kappa shape index (κ3) is 6.14. The van der Waals surface area contributed by atoms with Crippen molar-refractivity contribution in [1.29, 1.82) is 0 Å². The number of fused-ring (bicyclic) bond motifs is 3. The zero-order valence-electron chi connectivity index (χ0n) is 19.7. The first-order valence-corrected chi connectivity index (χ1v) is 11.5. The number of aliphatic carboxylic acids is 1. The fourth-order valence-corrected chi connectivity index (χ4v) is 4.15. The number of hydrogen-bond donors (Lipinski definition) is 3. The van der Waals surface area contributed by atoms with E-state index in [-0.39, 0.29) is 30.8 Å². The van der Waals surface area contributed by atoms with Crippen molar-refractivity contribution in [2.24, 2.45) is 5.92 Å². The Hall–Kier alpha value is -3.39. The van der Waals surface area contributed by atoms with Crippen LogP contribution in [0.4, 0.5) is 4.79 Å². The molecule has 182 valence electrons. The SMILES string of the molecule is CO[C@H](C)[C@H](NC(=O)CCC(C)CNC(=O)OCC1c2ccccc2-c2ccccc21)C(=O)O. The van der Waals surface area contributed by atoms with Gasteiger partial charge in [0.15, 0.2) is 6.04 Å². The first kappa shape index (κ1) is 25.2. The number of rotatable bonds is 11. The predicted molar refractivity (Wildman–Crippen MR) is 128 cm³/mol. The summed E-state index contributed by atoms with van der Waals surface area (Å²) in [6.07, 6.45) is -0.510. The summed E-state index contributed by atoms with van der Waals surface area (Å²) < 4.78 is 10.5. The molecule has 2 amide bonds. The van der Waals surface area contributed by atoms with E-state index in [9.17, 15) is 19.5 Å². The number of carbonyl (C=O) groups excluding carboxylic acids is 2. The van der Waals surface area contributed by atoms with Gasteiger partial charge in [-0.1, -0.05) is 55.5 Å². The molecule has 8 nitrogen and oxygen atoms in total. The normalized spacial score (nSPS) is 14.9. The highest BCUT2D eigenvalue weighted by atomic mass is 16.5. The Morgan fingerprint density at radius 1 is 1.00 bits per heavy atom. The molecule has 0 saturated carbocycles. The fraction of sp³-hybridized carbons (Fsp3) is 0.423. The van der Waals surface area contributed by atoms with Crippen LogP contribution in [-0.4, -0.2) is 55.5 Å². The van der Waals surface area contributed by atoms with Gasteiger partial charge in [-0.2, -0.15) is 0 Å². The van der Waals surface area contributed by atoms with E-state index in [0.717, 1.165) is 11.1 Å². The van der Waals surface area contributed by atoms with Crippen LogP contribution < -0.4 is 10.6 Å². The molecular formula is C26H32N2O6. The molecule has 0 bridgehead atoms. The van der Waals surface area contributed by atoms with Crippen molar-refractivity contribution in [3.8, 4) is 11.1 Å². The first-order chi connectivity index (χ1) is 16.3. The van der Waals surface area contributed by atoms with E-state index in [0.29, 0.717) is 13.0 Å². The number of carboxylic acids is 1. The summed E-state index contributed by atoms with van der Waals surface area (Å²) in [5.74, 6) is -1.51. The van der Waals surface area contributed by atoms with Gasteiger partial charge in [-0.15, -0.1) is 0 Å². The topological polar surface area (TPSA) is 114 Å². The minimum atomic E-state index is -1.15. The van der Waals surface area contributed by atoms with E-state index in [1.54, 1.807) is 6.92 Å². The highest BCUT2D eigenvalue weighted by Crippen LogP contribution is 2.44. The number of alkyl carbamates (subject to hydrolysis) is 1. The number of nitrogens with one attached hydrogen (secondary N) is 2. The lowest BCUT2D eigenvalue weighted by atomic mass is 9.98. The van der Waals surface area contributed by atoms with E-state index in [2.05, 4.69) is 34.9 Å². The van der Waals surface area contributed by atoms with Gasteiger partial charge in [-0.25, -0.2) is 9.59 Å². The smallest absolute Gasteiger partial charge is 0.407 e. The Morgan fingerprint density at radius 2 is 1.59 bits per heavy atom. The Kier molecular flexibility index (Phi) is 8.65. The van der Waals surface area contributed by atoms with Crippen molar-refractivity contribution in [2.45, 2.75) is 44.8 Å². The summed E-state index contributed by atoms with van der Waals surface area (Å²) >= 11 is 0. The highest BCUT2D eigenvalue weighted by Gasteiger charge is 2.29. The number of carboxylic acid groups (broad SMARTS) is 1. The van der Waals surface area contributed by atoms with Gasteiger partial charge < -0.3 is 25.2 Å². The average molecular weight is 469 g/mol. The molecule has 34 heavy (non-hydrogen) atoms. The third-order valence-electron chi connectivity index (χ3n) is 6.23. The molecule has 1 unspecified atom stereocenters. The molecule has 3 N–H and O–H groups in total. The van der Waals surface area contributed by atoms with Gasteiger partial charge in [0.05, 0.1) is 6.10 Å². The monoisotopic (exact) mass is 468 g/mol. The summed E-state index contributed by atoms with van der Waals surface area (Å²) in [6, 6.07) is 15.2. The van der Waals surface area contributed by atoms with Crippen molar-refractivity contribution in [1.82, 2.24) is 10.6 Å². The molecule has 1 aliphatic carbocycles. The van der Waals surface area contributed by atoms with Gasteiger partial charge in [0.1, 0.15) is 6.61 Å². The quantitative estimate of drug-likeness (QED) is 0.465. The van der Waals surface area contributed by atoms with E-state index in [1.807, 2.05) is 31.2 Å². The summed E-state index contributed by atoms with van der Waals surface area (Å²) in [6.45, 7) is 4.08. The maximum Gasteiger partial charge on any atom is 0.407 e. The van der Waals surface area contributed by atoms with Crippen LogP contribution in [0.25, 0.3) is 11.1 Å². The van der Waals surface area contributed by atoms with Gasteiger partial charge >= 0.3 is 12.1 Å². The molecular weight excluding hydrogens is 436 g/mol. The van der Waals surface area contributed by atoms with Crippen LogP contribution in [0.2, 0.25) is 0 Å². The molecule has 1 aliphatic rings. The number of ether oxygens (including phenoxy) is 2. The summed E-state index contributed by atoms with van der Waals surface area (Å²) in [5.41, 5.74) is 4.64. The molecule has 0 saturated heterocycles. The molecule has 8 heteroatoms. The fourth-order valence-electron chi connectivity index (χ4n) is 4.15. The number of amides is 2. The van der Waals surface area contributed by atoms with E-state index >= 15 is 0 Å². The number of benzene rings is 2. The predicted octanol–water partition coefficient (Wildman–Crippen LogP) is 3.55. The van der Waals surface area contributed by atoms with Crippen LogP contribution in [0, 0.1) is 5.92 Å². The van der Waals surface area contributed by atoms with E-state index in [1.165, 1.54) is 18.2 Å². The van der Waals surface area contributed by atoms with Crippen LogP contribution in [0.5, 0.6) is 0 Å². The van der Waals surface area contributed by atoms with Crippen molar-refractivity contribution >= 4 is 18.0 Å². The molecule has 3 atom stereocenters. The van der Waals surface area contributed by atoms with Gasteiger partial charge in [-0.3, -0.25) is 4.79 Å². The first-order valence-electron chi connectivity index (χ1n) is 11.5. The minimum Gasteiger partial charge on any atom is -0.480 e. The lowest BCUT2D eigenvalue weighted by Crippen LogP contribution is -2.48. The second-order valence-electron chi connectivity index (χ2n) is 8.67. The molecule has 0 aliphatic heterocycles. The van der Waals surface area contributed by atoms with Gasteiger partial charge in [-0.05, 0) is 41.5 Å². The third-order valence-corrected chi connectivity index (χ3v) is 6.23. The van der Waals surface area contributed by atoms with Crippen molar-refractivity contribution < 1.29 is 29.0 Å². The van der Waals surface area contributed by atoms with Crippen LogP contribution in [0.15, 0.2) is 48.5 Å². The largest absolute Gasteiger partial charge is 0.480 e. The Balaban J connectivity index is 1.42. The molecule has 0 spiro atoms. The van der Waals surface area contributed by atoms with Crippen LogP contribution in [-0.2, 0) is 19.1 Å². The van der Waals surface area contributed by atoms with Gasteiger partial charge in [0.25, 0.3) is 0 Å². The zero-order valence-corrected chi connectivity index (χ0v) is 19.7.